The average Bonchev–Trinajstić information content (AvgIpc) is 2.27. The van der Waals surface area contributed by atoms with E-state index in [0.717, 1.165) is 12.0 Å². The molecule has 0 atom stereocenters. The highest BCUT2D eigenvalue weighted by atomic mass is 16.4. The highest BCUT2D eigenvalue weighted by Gasteiger charge is 2.10. The second-order valence-electron chi connectivity index (χ2n) is 3.45. The third kappa shape index (κ3) is 1.67. The van der Waals surface area contributed by atoms with Crippen molar-refractivity contribution in [2.75, 3.05) is 0 Å². The Morgan fingerprint density at radius 1 is 1.50 bits per heavy atom. The minimum absolute atomic E-state index is 0.262. The molecule has 5 nitrogen and oxygen atoms in total. The lowest BCUT2D eigenvalue weighted by Crippen LogP contribution is -2.17. The lowest BCUT2D eigenvalue weighted by atomic mass is 10.1. The minimum atomic E-state index is -1.23. The van der Waals surface area contributed by atoms with Crippen molar-refractivity contribution in [3.63, 3.8) is 0 Å². The molecule has 0 unspecified atom stereocenters. The van der Waals surface area contributed by atoms with Crippen molar-refractivity contribution in [3.05, 3.63) is 39.8 Å². The van der Waals surface area contributed by atoms with Crippen LogP contribution in [-0.4, -0.2) is 21.0 Å². The Kier molecular flexibility index (Phi) is 2.44. The number of hydrogen-bond acceptors (Lipinski definition) is 3. The molecule has 2 heterocycles. The van der Waals surface area contributed by atoms with E-state index in [9.17, 15) is 9.59 Å². The molecule has 0 fully saturated rings. The first-order valence-electron chi connectivity index (χ1n) is 4.87. The Morgan fingerprint density at radius 2 is 2.25 bits per heavy atom. The molecule has 0 spiro atoms. The van der Waals surface area contributed by atoms with Gasteiger partial charge >= 0.3 is 5.97 Å². The number of carbonyl (C=O) groups is 1. The molecule has 0 radical (unpaired) electrons. The van der Waals surface area contributed by atoms with E-state index in [2.05, 4.69) is 9.97 Å². The number of carboxylic acids is 1. The number of aromatic nitrogens is 2. The lowest BCUT2D eigenvalue weighted by molar-refractivity contribution is 0.0695. The van der Waals surface area contributed by atoms with Crippen LogP contribution in [0.1, 0.15) is 22.8 Å². The van der Waals surface area contributed by atoms with Crippen LogP contribution in [0, 0.1) is 0 Å². The van der Waals surface area contributed by atoms with Gasteiger partial charge in [0.25, 0.3) is 5.56 Å². The van der Waals surface area contributed by atoms with Crippen LogP contribution in [0.3, 0.4) is 0 Å². The molecule has 0 saturated carbocycles. The van der Waals surface area contributed by atoms with Crippen molar-refractivity contribution in [1.29, 1.82) is 0 Å². The molecule has 0 aliphatic rings. The van der Waals surface area contributed by atoms with Crippen LogP contribution < -0.4 is 5.56 Å². The first kappa shape index (κ1) is 10.4. The first-order chi connectivity index (χ1) is 7.61. The lowest BCUT2D eigenvalue weighted by Gasteiger charge is -2.01. The summed E-state index contributed by atoms with van der Waals surface area (Å²) in [6.45, 7) is 1.98. The smallest absolute Gasteiger partial charge is 0.341 e. The van der Waals surface area contributed by atoms with Gasteiger partial charge in [-0.1, -0.05) is 6.92 Å². The molecule has 16 heavy (non-hydrogen) atoms. The van der Waals surface area contributed by atoms with Gasteiger partial charge in [0.15, 0.2) is 0 Å². The fourth-order valence-corrected chi connectivity index (χ4v) is 1.49. The van der Waals surface area contributed by atoms with Crippen molar-refractivity contribution < 1.29 is 9.90 Å². The number of nitrogens with zero attached hydrogens (tertiary/aromatic N) is 1. The van der Waals surface area contributed by atoms with Crippen LogP contribution in [0.4, 0.5) is 0 Å². The summed E-state index contributed by atoms with van der Waals surface area (Å²) in [5, 5.41) is 9.45. The Bertz CT molecular complexity index is 616. The van der Waals surface area contributed by atoms with E-state index < -0.39 is 11.5 Å². The van der Waals surface area contributed by atoms with Crippen molar-refractivity contribution in [1.82, 2.24) is 9.97 Å². The number of fused-ring (bicyclic) bond motifs is 1. The second-order valence-corrected chi connectivity index (χ2v) is 3.45. The minimum Gasteiger partial charge on any atom is -0.477 e. The van der Waals surface area contributed by atoms with Gasteiger partial charge in [-0.05, 0) is 24.1 Å². The summed E-state index contributed by atoms with van der Waals surface area (Å²) >= 11 is 0. The third-order valence-electron chi connectivity index (χ3n) is 2.39. The monoisotopic (exact) mass is 218 g/mol. The molecule has 0 aliphatic carbocycles. The fraction of sp³-hybridized carbons (Fsp3) is 0.182. The largest absolute Gasteiger partial charge is 0.477 e. The van der Waals surface area contributed by atoms with E-state index >= 15 is 0 Å². The normalized spacial score (nSPS) is 10.6. The Balaban J connectivity index is 2.75. The van der Waals surface area contributed by atoms with Crippen molar-refractivity contribution >= 4 is 17.0 Å². The van der Waals surface area contributed by atoms with Crippen molar-refractivity contribution in [3.8, 4) is 0 Å². The topological polar surface area (TPSA) is 83.0 Å². The number of aromatic carboxylic acids is 1. The van der Waals surface area contributed by atoms with Gasteiger partial charge in [0, 0.05) is 11.6 Å². The Morgan fingerprint density at radius 3 is 2.88 bits per heavy atom. The van der Waals surface area contributed by atoms with Gasteiger partial charge in [-0.15, -0.1) is 0 Å². The van der Waals surface area contributed by atoms with Crippen LogP contribution >= 0.6 is 0 Å². The van der Waals surface area contributed by atoms with E-state index in [1.54, 1.807) is 6.20 Å². The molecule has 0 bridgehead atoms. The Hall–Kier alpha value is -2.17. The van der Waals surface area contributed by atoms with E-state index in [1.165, 1.54) is 6.07 Å². The van der Waals surface area contributed by atoms with Gasteiger partial charge < -0.3 is 10.1 Å². The first-order valence-corrected chi connectivity index (χ1v) is 4.87. The number of pyridine rings is 2. The zero-order chi connectivity index (χ0) is 11.7. The summed E-state index contributed by atoms with van der Waals surface area (Å²) in [5.41, 5.74) is 0.516. The summed E-state index contributed by atoms with van der Waals surface area (Å²) in [6, 6.07) is 3.17. The maximum atomic E-state index is 11.4. The molecule has 5 heteroatoms. The summed E-state index contributed by atoms with van der Waals surface area (Å²) < 4.78 is 0. The van der Waals surface area contributed by atoms with Gasteiger partial charge in [0.05, 0.1) is 0 Å². The zero-order valence-electron chi connectivity index (χ0n) is 8.65. The summed E-state index contributed by atoms with van der Waals surface area (Å²) in [7, 11) is 0. The predicted octanol–water partition coefficient (Wildman–Crippen LogP) is 1.18. The quantitative estimate of drug-likeness (QED) is 0.792. The third-order valence-corrected chi connectivity index (χ3v) is 2.39. The molecular weight excluding hydrogens is 208 g/mol. The van der Waals surface area contributed by atoms with Gasteiger partial charge in [-0.2, -0.15) is 0 Å². The average molecular weight is 218 g/mol. The van der Waals surface area contributed by atoms with E-state index in [1.807, 2.05) is 13.0 Å². The highest BCUT2D eigenvalue weighted by molar-refractivity contribution is 5.91. The second kappa shape index (κ2) is 3.77. The van der Waals surface area contributed by atoms with Gasteiger partial charge in [-0.3, -0.25) is 4.79 Å². The number of rotatable bonds is 2. The van der Waals surface area contributed by atoms with Gasteiger partial charge in [-0.25, -0.2) is 9.78 Å². The number of aryl methyl sites for hydroxylation is 1. The van der Waals surface area contributed by atoms with Gasteiger partial charge in [0.1, 0.15) is 11.2 Å². The number of aromatic amines is 1. The fourth-order valence-electron chi connectivity index (χ4n) is 1.49. The van der Waals surface area contributed by atoms with E-state index in [0.29, 0.717) is 11.0 Å². The summed E-state index contributed by atoms with van der Waals surface area (Å²) in [6.07, 6.45) is 2.48. The predicted molar refractivity (Wildman–Crippen MR) is 58.7 cm³/mol. The number of H-pyrrole nitrogens is 1. The molecule has 2 N–H and O–H groups in total. The summed E-state index contributed by atoms with van der Waals surface area (Å²) in [5.74, 6) is -1.23. The number of nitrogens with one attached hydrogen (secondary N) is 1. The van der Waals surface area contributed by atoms with Gasteiger partial charge in [0.2, 0.25) is 0 Å². The molecule has 0 saturated heterocycles. The molecule has 2 rings (SSSR count). The molecule has 2 aromatic rings. The van der Waals surface area contributed by atoms with E-state index in [4.69, 9.17) is 5.11 Å². The molecule has 0 aliphatic heterocycles. The number of carboxylic acid groups (broad SMARTS) is 1. The summed E-state index contributed by atoms with van der Waals surface area (Å²) in [4.78, 5) is 28.6. The standard InChI is InChI=1S/C11H10N2O3/c1-2-6-3-7-4-8(11(15)16)10(14)13-9(7)12-5-6/h3-5H,2H2,1H3,(H,15,16)(H,12,13,14). The van der Waals surface area contributed by atoms with Crippen molar-refractivity contribution in [2.45, 2.75) is 13.3 Å². The van der Waals surface area contributed by atoms with Crippen LogP contribution in [0.25, 0.3) is 11.0 Å². The highest BCUT2D eigenvalue weighted by Crippen LogP contribution is 2.11. The van der Waals surface area contributed by atoms with Crippen LogP contribution in [0.5, 0.6) is 0 Å². The molecular formula is C11H10N2O3. The SMILES string of the molecule is CCc1cnc2[nH]c(=O)c(C(=O)O)cc2c1. The molecule has 0 aromatic carbocycles. The molecule has 2 aromatic heterocycles. The molecule has 0 amide bonds. The Labute approximate surface area is 90.8 Å². The van der Waals surface area contributed by atoms with E-state index in [-0.39, 0.29) is 5.56 Å². The van der Waals surface area contributed by atoms with Crippen molar-refractivity contribution in [2.24, 2.45) is 0 Å². The maximum absolute atomic E-state index is 11.4. The van der Waals surface area contributed by atoms with Crippen LogP contribution in [-0.2, 0) is 6.42 Å². The zero-order valence-corrected chi connectivity index (χ0v) is 8.65. The number of hydrogen-bond donors (Lipinski definition) is 2. The van der Waals surface area contributed by atoms with Crippen LogP contribution in [0.15, 0.2) is 23.1 Å². The maximum Gasteiger partial charge on any atom is 0.341 e. The molecule has 82 valence electrons. The van der Waals surface area contributed by atoms with Crippen LogP contribution in [0.2, 0.25) is 0 Å².